The molecule has 254 valence electrons. The average Bonchev–Trinajstić information content (AvgIpc) is 3.50. The van der Waals surface area contributed by atoms with Crippen molar-refractivity contribution in [2.45, 2.75) is 76.8 Å². The topological polar surface area (TPSA) is 111 Å². The van der Waals surface area contributed by atoms with E-state index in [4.69, 9.17) is 4.98 Å². The Kier molecular flexibility index (Phi) is 9.88. The second-order valence-electron chi connectivity index (χ2n) is 14.3. The number of aryl methyl sites for hydroxylation is 1. The van der Waals surface area contributed by atoms with Gasteiger partial charge in [-0.15, -0.1) is 0 Å². The molecule has 3 aromatic heterocycles. The molecule has 0 saturated heterocycles. The number of aromatic hydroxyl groups is 2. The van der Waals surface area contributed by atoms with Crippen LogP contribution in [0.25, 0.3) is 32.7 Å². The third kappa shape index (κ3) is 7.39. The SMILES string of the molecule is CN(CCCn1ccc2cc(C=O)ccc21)C1CCC(c2c(O)c(C(C)(C)C)nc3c(O)cccc23)CC1.O=c1ccc2ccccc2[nH]1. The summed E-state index contributed by atoms with van der Waals surface area (Å²) in [5.41, 5.74) is 4.59. The Balaban J connectivity index is 0.000000319. The summed E-state index contributed by atoms with van der Waals surface area (Å²) >= 11 is 0. The molecule has 1 aliphatic rings. The molecule has 8 nitrogen and oxygen atoms in total. The van der Waals surface area contributed by atoms with Crippen LogP contribution in [0.4, 0.5) is 0 Å². The van der Waals surface area contributed by atoms with Gasteiger partial charge in [0.05, 0.1) is 5.69 Å². The molecule has 0 aliphatic heterocycles. The van der Waals surface area contributed by atoms with Gasteiger partial charge in [0.25, 0.3) is 0 Å². The molecule has 3 aromatic carbocycles. The summed E-state index contributed by atoms with van der Waals surface area (Å²) in [6.07, 6.45) is 8.22. The summed E-state index contributed by atoms with van der Waals surface area (Å²) in [5.74, 6) is 0.712. The number of H-pyrrole nitrogens is 1. The highest BCUT2D eigenvalue weighted by molar-refractivity contribution is 5.90. The van der Waals surface area contributed by atoms with Crippen LogP contribution in [0.5, 0.6) is 11.5 Å². The summed E-state index contributed by atoms with van der Waals surface area (Å²) in [6, 6.07) is 25.0. The Hall–Kier alpha value is -4.95. The number of benzene rings is 3. The van der Waals surface area contributed by atoms with Crippen LogP contribution >= 0.6 is 0 Å². The largest absolute Gasteiger partial charge is 0.506 e. The minimum absolute atomic E-state index is 0.0521. The summed E-state index contributed by atoms with van der Waals surface area (Å²) in [5, 5.41) is 25.0. The van der Waals surface area contributed by atoms with E-state index in [1.165, 1.54) is 11.6 Å². The highest BCUT2D eigenvalue weighted by atomic mass is 16.3. The first kappa shape index (κ1) is 33.9. The van der Waals surface area contributed by atoms with Crippen molar-refractivity contribution in [1.29, 1.82) is 0 Å². The molecule has 0 spiro atoms. The van der Waals surface area contributed by atoms with E-state index in [2.05, 4.69) is 54.5 Å². The number of carbonyl (C=O) groups is 1. The molecule has 3 heterocycles. The van der Waals surface area contributed by atoms with Gasteiger partial charge in [0.2, 0.25) is 5.56 Å². The van der Waals surface area contributed by atoms with Crippen LogP contribution in [-0.4, -0.2) is 55.6 Å². The fourth-order valence-electron chi connectivity index (χ4n) is 7.28. The number of aromatic nitrogens is 3. The second kappa shape index (κ2) is 14.3. The number of fused-ring (bicyclic) bond motifs is 3. The number of nitrogens with zero attached hydrogens (tertiary/aromatic N) is 3. The van der Waals surface area contributed by atoms with Crippen molar-refractivity contribution in [2.75, 3.05) is 13.6 Å². The maximum absolute atomic E-state index is 11.4. The van der Waals surface area contributed by atoms with E-state index in [-0.39, 0.29) is 22.6 Å². The Morgan fingerprint density at radius 3 is 2.47 bits per heavy atom. The summed E-state index contributed by atoms with van der Waals surface area (Å²) in [7, 11) is 2.23. The van der Waals surface area contributed by atoms with Crippen molar-refractivity contribution in [1.82, 2.24) is 19.4 Å². The van der Waals surface area contributed by atoms with Crippen LogP contribution in [0.3, 0.4) is 0 Å². The molecule has 1 aliphatic carbocycles. The van der Waals surface area contributed by atoms with E-state index < -0.39 is 0 Å². The fraction of sp³-hybridized carbons (Fsp3) is 0.341. The van der Waals surface area contributed by atoms with Crippen LogP contribution in [0.2, 0.25) is 0 Å². The first-order valence-corrected chi connectivity index (χ1v) is 17.2. The maximum Gasteiger partial charge on any atom is 0.248 e. The van der Waals surface area contributed by atoms with Gasteiger partial charge < -0.3 is 24.7 Å². The van der Waals surface area contributed by atoms with E-state index in [0.29, 0.717) is 28.6 Å². The molecule has 1 saturated carbocycles. The molecule has 0 unspecified atom stereocenters. The third-order valence-corrected chi connectivity index (χ3v) is 9.92. The van der Waals surface area contributed by atoms with Crippen molar-refractivity contribution in [3.05, 3.63) is 112 Å². The molecule has 6 aromatic rings. The van der Waals surface area contributed by atoms with Crippen molar-refractivity contribution in [3.63, 3.8) is 0 Å². The predicted molar refractivity (Wildman–Crippen MR) is 198 cm³/mol. The minimum atomic E-state index is -0.325. The van der Waals surface area contributed by atoms with Crippen molar-refractivity contribution < 1.29 is 15.0 Å². The predicted octanol–water partition coefficient (Wildman–Crippen LogP) is 8.29. The number of phenolic OH excluding ortho intramolecular Hbond substituents is 1. The van der Waals surface area contributed by atoms with Crippen LogP contribution in [-0.2, 0) is 12.0 Å². The van der Waals surface area contributed by atoms with Gasteiger partial charge in [0.1, 0.15) is 23.3 Å². The monoisotopic (exact) mass is 658 g/mol. The van der Waals surface area contributed by atoms with E-state index in [0.717, 1.165) is 78.7 Å². The quantitative estimate of drug-likeness (QED) is 0.149. The molecule has 3 N–H and O–H groups in total. The van der Waals surface area contributed by atoms with Gasteiger partial charge in [0.15, 0.2) is 0 Å². The second-order valence-corrected chi connectivity index (χ2v) is 14.3. The van der Waals surface area contributed by atoms with Crippen LogP contribution in [0, 0.1) is 0 Å². The number of para-hydroxylation sites is 2. The Labute approximate surface area is 287 Å². The smallest absolute Gasteiger partial charge is 0.248 e. The fourth-order valence-corrected chi connectivity index (χ4v) is 7.28. The number of hydrogen-bond donors (Lipinski definition) is 3. The lowest BCUT2D eigenvalue weighted by Crippen LogP contribution is -2.35. The zero-order valence-electron chi connectivity index (χ0n) is 28.8. The standard InChI is InChI=1S/C32H39N3O3.C9H7NO/c1-32(2,3)31-30(38)28(25-7-5-8-27(37)29(25)33-31)22-10-12-24(13-11-22)34(4)16-6-17-35-18-15-23-19-21(20-36)9-14-26(23)35;11-9-6-5-7-3-1-2-4-8(7)10-9/h5,7-9,14-15,18-20,22,24,37-38H,6,10-13,16-17H2,1-4H3;1-6H,(H,10,11). The lowest BCUT2D eigenvalue weighted by molar-refractivity contribution is 0.112. The molecular formula is C41H46N4O4. The number of nitrogens with one attached hydrogen (secondary N) is 1. The lowest BCUT2D eigenvalue weighted by atomic mass is 9.78. The van der Waals surface area contributed by atoms with Gasteiger partial charge in [-0.2, -0.15) is 0 Å². The van der Waals surface area contributed by atoms with E-state index in [1.54, 1.807) is 6.07 Å². The molecule has 8 heteroatoms. The number of aldehydes is 1. The Morgan fingerprint density at radius 2 is 1.71 bits per heavy atom. The number of aromatic amines is 1. The van der Waals surface area contributed by atoms with Gasteiger partial charge in [-0.3, -0.25) is 9.59 Å². The minimum Gasteiger partial charge on any atom is -0.506 e. The van der Waals surface area contributed by atoms with Gasteiger partial charge in [-0.05, 0) is 99.5 Å². The van der Waals surface area contributed by atoms with E-state index in [1.807, 2.05) is 60.7 Å². The highest BCUT2D eigenvalue weighted by Crippen LogP contribution is 2.46. The van der Waals surface area contributed by atoms with Gasteiger partial charge in [-0.25, -0.2) is 4.98 Å². The number of carbonyl (C=O) groups excluding carboxylic acids is 1. The molecular weight excluding hydrogens is 612 g/mol. The average molecular weight is 659 g/mol. The van der Waals surface area contributed by atoms with Crippen LogP contribution in [0.1, 0.15) is 80.4 Å². The van der Waals surface area contributed by atoms with E-state index >= 15 is 0 Å². The van der Waals surface area contributed by atoms with Gasteiger partial charge >= 0.3 is 0 Å². The molecule has 1 fully saturated rings. The zero-order valence-corrected chi connectivity index (χ0v) is 28.8. The van der Waals surface area contributed by atoms with Crippen LogP contribution < -0.4 is 5.56 Å². The van der Waals surface area contributed by atoms with Crippen molar-refractivity contribution in [3.8, 4) is 11.5 Å². The summed E-state index contributed by atoms with van der Waals surface area (Å²) in [6.45, 7) is 8.12. The first-order chi connectivity index (χ1) is 23.5. The zero-order chi connectivity index (χ0) is 34.7. The Bertz CT molecular complexity index is 2150. The number of rotatable bonds is 7. The van der Waals surface area contributed by atoms with Crippen molar-refractivity contribution >= 4 is 39.0 Å². The normalized spacial score (nSPS) is 16.6. The first-order valence-electron chi connectivity index (χ1n) is 17.2. The molecule has 49 heavy (non-hydrogen) atoms. The molecule has 0 radical (unpaired) electrons. The third-order valence-electron chi connectivity index (χ3n) is 9.92. The maximum atomic E-state index is 11.4. The van der Waals surface area contributed by atoms with Crippen LogP contribution in [0.15, 0.2) is 89.9 Å². The molecule has 0 amide bonds. The summed E-state index contributed by atoms with van der Waals surface area (Å²) < 4.78 is 2.27. The number of phenols is 1. The van der Waals surface area contributed by atoms with Gasteiger partial charge in [-0.1, -0.05) is 51.1 Å². The number of pyridine rings is 2. The van der Waals surface area contributed by atoms with E-state index in [9.17, 15) is 19.8 Å². The molecule has 7 rings (SSSR count). The highest BCUT2D eigenvalue weighted by Gasteiger charge is 2.32. The Morgan fingerprint density at radius 1 is 0.939 bits per heavy atom. The summed E-state index contributed by atoms with van der Waals surface area (Å²) in [4.78, 5) is 31.8. The lowest BCUT2D eigenvalue weighted by Gasteiger charge is -2.36. The number of hydrogen-bond acceptors (Lipinski definition) is 6. The molecule has 0 bridgehead atoms. The van der Waals surface area contributed by atoms with Gasteiger partial charge in [0, 0.05) is 63.2 Å². The van der Waals surface area contributed by atoms with Crippen molar-refractivity contribution in [2.24, 2.45) is 0 Å². The molecule has 0 atom stereocenters.